The molecule has 1 fully saturated rings. The van der Waals surface area contributed by atoms with Crippen LogP contribution in [0.1, 0.15) is 19.8 Å². The van der Waals surface area contributed by atoms with Crippen molar-refractivity contribution in [1.82, 2.24) is 0 Å². The van der Waals surface area contributed by atoms with Crippen LogP contribution in [0.5, 0.6) is 0 Å². The van der Waals surface area contributed by atoms with E-state index in [1.807, 2.05) is 6.07 Å². The lowest BCUT2D eigenvalue weighted by atomic mass is 9.87. The summed E-state index contributed by atoms with van der Waals surface area (Å²) in [4.78, 5) is 0.381. The zero-order valence-electron chi connectivity index (χ0n) is 13.3. The first-order chi connectivity index (χ1) is 9.64. The van der Waals surface area contributed by atoms with E-state index < -0.39 is 29.3 Å². The number of sulfone groups is 1. The molecule has 2 rings (SSSR count). The highest BCUT2D eigenvalue weighted by molar-refractivity contribution is 7.92. The van der Waals surface area contributed by atoms with Gasteiger partial charge in [0.1, 0.15) is 0 Å². The predicted molar refractivity (Wildman–Crippen MR) is 88.9 cm³/mol. The number of rotatable bonds is 3. The van der Waals surface area contributed by atoms with E-state index in [2.05, 4.69) is 26.6 Å². The van der Waals surface area contributed by atoms with Gasteiger partial charge in [-0.15, -0.1) is 0 Å². The van der Waals surface area contributed by atoms with Crippen molar-refractivity contribution in [2.75, 3.05) is 0 Å². The van der Waals surface area contributed by atoms with Crippen molar-refractivity contribution in [3.05, 3.63) is 30.3 Å². The lowest BCUT2D eigenvalue weighted by molar-refractivity contribution is 0.0792. The Balaban J connectivity index is 2.33. The molecule has 1 aromatic carbocycles. The predicted octanol–water partition coefficient (Wildman–Crippen LogP) is 3.33. The van der Waals surface area contributed by atoms with Crippen LogP contribution in [0.15, 0.2) is 35.2 Å². The van der Waals surface area contributed by atoms with Crippen molar-refractivity contribution in [2.24, 2.45) is 5.92 Å². The molecule has 0 amide bonds. The van der Waals surface area contributed by atoms with Crippen molar-refractivity contribution in [2.45, 2.75) is 61.2 Å². The standard InChI is InChI=1S/C16H26O3SSi/c1-12-15(17)10-14(11-16(12)21(2,3)4)20(18,19)13-8-6-5-7-9-13/h5-9,12,14-17H,10-11H2,1-4H3/t12-,14+,15-,16-/m1/s1. The van der Waals surface area contributed by atoms with Gasteiger partial charge in [-0.1, -0.05) is 44.8 Å². The Kier molecular flexibility index (Phi) is 4.66. The van der Waals surface area contributed by atoms with E-state index in [1.165, 1.54) is 0 Å². The summed E-state index contributed by atoms with van der Waals surface area (Å²) in [6.07, 6.45) is 0.531. The SMILES string of the molecule is C[C@@H]1[C@H](O)C[C@H](S(=O)(=O)c2ccccc2)C[C@H]1[Si](C)(C)C. The first kappa shape index (κ1) is 16.7. The molecule has 0 aliphatic heterocycles. The van der Waals surface area contributed by atoms with E-state index >= 15 is 0 Å². The van der Waals surface area contributed by atoms with E-state index in [9.17, 15) is 13.5 Å². The summed E-state index contributed by atoms with van der Waals surface area (Å²) >= 11 is 0. The second-order valence-electron chi connectivity index (χ2n) is 7.35. The van der Waals surface area contributed by atoms with E-state index in [4.69, 9.17) is 0 Å². The first-order valence-corrected chi connectivity index (χ1v) is 12.7. The van der Waals surface area contributed by atoms with Gasteiger partial charge in [0.05, 0.1) is 16.2 Å². The Hall–Kier alpha value is -0.653. The van der Waals surface area contributed by atoms with Gasteiger partial charge < -0.3 is 5.11 Å². The summed E-state index contributed by atoms with van der Waals surface area (Å²) in [5.74, 6) is 0.193. The van der Waals surface area contributed by atoms with Crippen molar-refractivity contribution in [3.8, 4) is 0 Å². The fourth-order valence-electron chi connectivity index (χ4n) is 3.54. The lowest BCUT2D eigenvalue weighted by Crippen LogP contribution is -2.46. The number of benzene rings is 1. The summed E-state index contributed by atoms with van der Waals surface area (Å²) in [5.41, 5.74) is 0.338. The maximum absolute atomic E-state index is 12.8. The molecule has 1 N–H and O–H groups in total. The van der Waals surface area contributed by atoms with E-state index in [-0.39, 0.29) is 5.92 Å². The van der Waals surface area contributed by atoms with Crippen molar-refractivity contribution in [3.63, 3.8) is 0 Å². The summed E-state index contributed by atoms with van der Waals surface area (Å²) in [6.45, 7) is 8.86. The minimum atomic E-state index is -3.35. The summed E-state index contributed by atoms with van der Waals surface area (Å²) in [7, 11) is -4.86. The van der Waals surface area contributed by atoms with Crippen LogP contribution in [0.4, 0.5) is 0 Å². The minimum Gasteiger partial charge on any atom is -0.393 e. The van der Waals surface area contributed by atoms with Gasteiger partial charge in [-0.05, 0) is 36.4 Å². The molecule has 1 aliphatic rings. The number of aliphatic hydroxyl groups excluding tert-OH is 1. The van der Waals surface area contributed by atoms with Crippen LogP contribution in [0.2, 0.25) is 25.2 Å². The Morgan fingerprint density at radius 2 is 1.67 bits per heavy atom. The van der Waals surface area contributed by atoms with Gasteiger partial charge in [0.2, 0.25) is 0 Å². The zero-order chi connectivity index (χ0) is 15.8. The van der Waals surface area contributed by atoms with Gasteiger partial charge in [-0.3, -0.25) is 0 Å². The van der Waals surface area contributed by atoms with Crippen LogP contribution in [-0.2, 0) is 9.84 Å². The van der Waals surface area contributed by atoms with Crippen LogP contribution in [0.25, 0.3) is 0 Å². The second kappa shape index (κ2) is 5.86. The monoisotopic (exact) mass is 326 g/mol. The fraction of sp³-hybridized carbons (Fsp3) is 0.625. The Morgan fingerprint density at radius 1 is 1.10 bits per heavy atom. The largest absolute Gasteiger partial charge is 0.393 e. The summed E-state index contributed by atoms with van der Waals surface area (Å²) in [5, 5.41) is 9.89. The topological polar surface area (TPSA) is 54.4 Å². The molecule has 118 valence electrons. The Labute approximate surface area is 129 Å². The summed E-state index contributed by atoms with van der Waals surface area (Å²) < 4.78 is 25.6. The molecule has 0 bridgehead atoms. The highest BCUT2D eigenvalue weighted by atomic mass is 32.2. The van der Waals surface area contributed by atoms with Gasteiger partial charge >= 0.3 is 0 Å². The number of aliphatic hydroxyl groups is 1. The molecule has 0 heterocycles. The van der Waals surface area contributed by atoms with Crippen LogP contribution < -0.4 is 0 Å². The van der Waals surface area contributed by atoms with Gasteiger partial charge in [0.15, 0.2) is 9.84 Å². The molecule has 0 spiro atoms. The normalized spacial score (nSPS) is 31.1. The molecule has 3 nitrogen and oxygen atoms in total. The molecule has 5 heteroatoms. The zero-order valence-corrected chi connectivity index (χ0v) is 15.1. The maximum Gasteiger partial charge on any atom is 0.181 e. The molecule has 0 aromatic heterocycles. The second-order valence-corrected chi connectivity index (χ2v) is 15.1. The molecule has 1 saturated carbocycles. The first-order valence-electron chi connectivity index (χ1n) is 7.61. The molecule has 0 unspecified atom stereocenters. The third kappa shape index (κ3) is 3.41. The van der Waals surface area contributed by atoms with Gasteiger partial charge in [0.25, 0.3) is 0 Å². The van der Waals surface area contributed by atoms with E-state index in [0.717, 1.165) is 0 Å². The van der Waals surface area contributed by atoms with Gasteiger partial charge in [-0.25, -0.2) is 8.42 Å². The van der Waals surface area contributed by atoms with Crippen molar-refractivity contribution >= 4 is 17.9 Å². The van der Waals surface area contributed by atoms with Crippen molar-refractivity contribution < 1.29 is 13.5 Å². The highest BCUT2D eigenvalue weighted by Crippen LogP contribution is 2.44. The van der Waals surface area contributed by atoms with Gasteiger partial charge in [-0.2, -0.15) is 0 Å². The fourth-order valence-corrected chi connectivity index (χ4v) is 8.34. The van der Waals surface area contributed by atoms with Crippen molar-refractivity contribution in [1.29, 1.82) is 0 Å². The average Bonchev–Trinajstić information content (AvgIpc) is 2.41. The lowest BCUT2D eigenvalue weighted by Gasteiger charge is -2.43. The third-order valence-corrected chi connectivity index (χ3v) is 10.1. The highest BCUT2D eigenvalue weighted by Gasteiger charge is 2.45. The smallest absolute Gasteiger partial charge is 0.181 e. The number of hydrogen-bond acceptors (Lipinski definition) is 3. The Bertz CT molecular complexity index is 577. The molecule has 4 atom stereocenters. The van der Waals surface area contributed by atoms with Crippen LogP contribution >= 0.6 is 0 Å². The van der Waals surface area contributed by atoms with Crippen LogP contribution in [0.3, 0.4) is 0 Å². The number of hydrogen-bond donors (Lipinski definition) is 1. The van der Waals surface area contributed by atoms with E-state index in [1.54, 1.807) is 24.3 Å². The Morgan fingerprint density at radius 3 is 2.19 bits per heavy atom. The minimum absolute atomic E-state index is 0.193. The molecular weight excluding hydrogens is 300 g/mol. The molecule has 21 heavy (non-hydrogen) atoms. The van der Waals surface area contributed by atoms with Crippen LogP contribution in [-0.4, -0.2) is 33.0 Å². The average molecular weight is 327 g/mol. The molecule has 0 radical (unpaired) electrons. The molecule has 0 saturated heterocycles. The molecule has 1 aromatic rings. The van der Waals surface area contributed by atoms with Gasteiger partial charge in [0, 0.05) is 8.07 Å². The molecule has 1 aliphatic carbocycles. The summed E-state index contributed by atoms with van der Waals surface area (Å²) in [6, 6.07) is 8.64. The van der Waals surface area contributed by atoms with Crippen LogP contribution in [0, 0.1) is 5.92 Å². The van der Waals surface area contributed by atoms with E-state index in [0.29, 0.717) is 23.3 Å². The third-order valence-electron chi connectivity index (χ3n) is 4.89. The maximum atomic E-state index is 12.8. The quantitative estimate of drug-likeness (QED) is 0.867. The molecular formula is C16H26O3SSi.